The van der Waals surface area contributed by atoms with Crippen LogP contribution in [0.4, 0.5) is 0 Å². The Kier molecular flexibility index (Phi) is 20.3. The molecule has 1 amide bonds. The lowest BCUT2D eigenvalue weighted by Gasteiger charge is -2.50. The molecule has 0 aliphatic carbocycles. The molecule has 11 unspecified atom stereocenters. The Morgan fingerprint density at radius 2 is 1.75 bits per heavy atom. The van der Waals surface area contributed by atoms with Crippen LogP contribution >= 0.6 is 0 Å². The number of aliphatic hydroxyl groups excluding tert-OH is 4. The number of amides is 1. The van der Waals surface area contributed by atoms with Crippen LogP contribution in [0.15, 0.2) is 59.4 Å². The molecular formula is C47H77NO13. The Labute approximate surface area is 363 Å². The average molecular weight is 864 g/mol. The fourth-order valence-corrected chi connectivity index (χ4v) is 9.23. The van der Waals surface area contributed by atoms with Crippen molar-refractivity contribution in [2.24, 2.45) is 47.2 Å². The summed E-state index contributed by atoms with van der Waals surface area (Å²) in [5, 5.41) is 58.2. The summed E-state index contributed by atoms with van der Waals surface area (Å²) in [5.74, 6) is -6.90. The molecule has 3 aliphatic heterocycles. The smallest absolute Gasteiger partial charge is 0.373 e. The number of hydrogen-bond acceptors (Lipinski definition) is 13. The van der Waals surface area contributed by atoms with Crippen molar-refractivity contribution in [2.75, 3.05) is 14.2 Å². The van der Waals surface area contributed by atoms with Gasteiger partial charge in [0.2, 0.25) is 11.7 Å². The van der Waals surface area contributed by atoms with Crippen LogP contribution in [-0.2, 0) is 38.0 Å². The van der Waals surface area contributed by atoms with Crippen LogP contribution < -0.4 is 5.73 Å². The van der Waals surface area contributed by atoms with Crippen molar-refractivity contribution in [2.45, 2.75) is 168 Å². The zero-order chi connectivity index (χ0) is 45.9. The molecule has 0 radical (unpaired) electrons. The Hall–Kier alpha value is -2.92. The van der Waals surface area contributed by atoms with Gasteiger partial charge in [0.1, 0.15) is 12.2 Å². The van der Waals surface area contributed by atoms with Gasteiger partial charge in [-0.3, -0.25) is 4.79 Å². The number of cyclic esters (lactones) is 1. The van der Waals surface area contributed by atoms with Gasteiger partial charge in [-0.15, -0.1) is 0 Å². The summed E-state index contributed by atoms with van der Waals surface area (Å²) < 4.78 is 36.6. The Bertz CT molecular complexity index is 1560. The van der Waals surface area contributed by atoms with E-state index >= 15 is 0 Å². The van der Waals surface area contributed by atoms with E-state index in [1.54, 1.807) is 39.8 Å². The molecule has 0 aromatic heterocycles. The minimum absolute atomic E-state index is 0.0282. The summed E-state index contributed by atoms with van der Waals surface area (Å²) in [6.07, 6.45) is 5.07. The second-order valence-corrected chi connectivity index (χ2v) is 17.9. The molecule has 2 saturated heterocycles. The Morgan fingerprint density at radius 1 is 1.08 bits per heavy atom. The number of esters is 1. The number of methoxy groups -OCH3 is 2. The quantitative estimate of drug-likeness (QED) is 0.113. The molecule has 0 aromatic rings. The zero-order valence-corrected chi connectivity index (χ0v) is 38.5. The number of primary amides is 1. The summed E-state index contributed by atoms with van der Waals surface area (Å²) in [7, 11) is 2.82. The molecule has 0 bridgehead atoms. The lowest BCUT2D eigenvalue weighted by Crippen LogP contribution is -2.59. The van der Waals surface area contributed by atoms with Crippen LogP contribution in [0.1, 0.15) is 101 Å². The van der Waals surface area contributed by atoms with Crippen LogP contribution in [0.3, 0.4) is 0 Å². The number of carbonyl (C=O) groups is 2. The van der Waals surface area contributed by atoms with Crippen molar-refractivity contribution in [1.82, 2.24) is 0 Å². The van der Waals surface area contributed by atoms with Crippen molar-refractivity contribution >= 4 is 11.9 Å². The van der Waals surface area contributed by atoms with Gasteiger partial charge in [0.25, 0.3) is 0 Å². The number of carbonyl (C=O) groups excluding carboxylic acids is 2. The van der Waals surface area contributed by atoms with Crippen LogP contribution in [0.25, 0.3) is 0 Å². The summed E-state index contributed by atoms with van der Waals surface area (Å²) in [5.41, 5.74) is 7.02. The average Bonchev–Trinajstić information content (AvgIpc) is 3.19. The third kappa shape index (κ3) is 13.8. The van der Waals surface area contributed by atoms with Crippen LogP contribution in [-0.4, -0.2) is 119 Å². The number of aliphatic hydroxyl groups is 5. The van der Waals surface area contributed by atoms with Gasteiger partial charge in [0, 0.05) is 61.9 Å². The van der Waals surface area contributed by atoms with Gasteiger partial charge in [-0.25, -0.2) is 4.79 Å². The molecule has 3 heterocycles. The summed E-state index contributed by atoms with van der Waals surface area (Å²) in [6, 6.07) is 0. The molecule has 0 spiro atoms. The number of allylic oxidation sites excluding steroid dienone is 6. The summed E-state index contributed by atoms with van der Waals surface area (Å²) >= 11 is 0. The fraction of sp³-hybridized carbons (Fsp3) is 0.745. The van der Waals surface area contributed by atoms with E-state index in [0.29, 0.717) is 18.4 Å². The number of rotatable bonds is 12. The third-order valence-electron chi connectivity index (χ3n) is 13.2. The van der Waals surface area contributed by atoms with E-state index in [1.807, 2.05) is 65.8 Å². The second-order valence-electron chi connectivity index (χ2n) is 17.9. The summed E-state index contributed by atoms with van der Waals surface area (Å²) in [6.45, 7) is 18.4. The van der Waals surface area contributed by atoms with Gasteiger partial charge in [0.15, 0.2) is 12.1 Å². The Balaban J connectivity index is 2.00. The topological polar surface area (TPSA) is 217 Å². The number of hydrogen-bond donors (Lipinski definition) is 6. The maximum absolute atomic E-state index is 13.9. The second kappa shape index (κ2) is 23.7. The first-order valence-corrected chi connectivity index (χ1v) is 22.0. The molecule has 0 saturated carbocycles. The maximum atomic E-state index is 13.9. The van der Waals surface area contributed by atoms with Crippen LogP contribution in [0, 0.1) is 41.4 Å². The minimum atomic E-state index is -1.95. The monoisotopic (exact) mass is 864 g/mol. The minimum Gasteiger partial charge on any atom is -0.490 e. The largest absolute Gasteiger partial charge is 0.490 e. The van der Waals surface area contributed by atoms with E-state index in [2.05, 4.69) is 0 Å². The lowest BCUT2D eigenvalue weighted by molar-refractivity contribution is -0.337. The third-order valence-corrected chi connectivity index (χ3v) is 13.2. The molecule has 7 N–H and O–H groups in total. The van der Waals surface area contributed by atoms with Gasteiger partial charge in [0.05, 0.1) is 49.8 Å². The fourth-order valence-electron chi connectivity index (χ4n) is 9.23. The van der Waals surface area contributed by atoms with Crippen LogP contribution in [0.2, 0.25) is 0 Å². The predicted molar refractivity (Wildman–Crippen MR) is 231 cm³/mol. The van der Waals surface area contributed by atoms with Gasteiger partial charge in [-0.1, -0.05) is 89.1 Å². The van der Waals surface area contributed by atoms with Gasteiger partial charge < -0.3 is 59.7 Å². The highest BCUT2D eigenvalue weighted by molar-refractivity contribution is 5.87. The molecule has 18 atom stereocenters. The van der Waals surface area contributed by atoms with E-state index in [1.165, 1.54) is 20.3 Å². The van der Waals surface area contributed by atoms with E-state index in [9.17, 15) is 35.1 Å². The predicted octanol–water partition coefficient (Wildman–Crippen LogP) is 5.01. The van der Waals surface area contributed by atoms with E-state index in [0.717, 1.165) is 5.57 Å². The molecule has 14 nitrogen and oxygen atoms in total. The molecule has 3 rings (SSSR count). The highest BCUT2D eigenvalue weighted by Gasteiger charge is 2.52. The lowest BCUT2D eigenvalue weighted by atomic mass is 9.77. The molecule has 0 aromatic carbocycles. The normalized spacial score (nSPS) is 42.2. The molecule has 2 fully saturated rings. The highest BCUT2D eigenvalue weighted by atomic mass is 16.7. The summed E-state index contributed by atoms with van der Waals surface area (Å²) in [4.78, 5) is 25.6. The standard InChI is InChI=1S/C47H77NO13/c1-13-16-36-29(7)39(59-41-23-35(49)34(22-40(48)50)32(10)58-41)24-47(55,61-36)31(9)44(53)30(8)45-37(56-11)18-15-17-25(3)19-27(5)42(51)33(14-2)43(52)28(6)20-26(4)21-38(57-12)46(54)60-45/h13,15-18,20-21,27-37,39,41-45,49,51-53,55H,14,19,22-24H2,1-12H3,(H2,48,50)/b16-13+,18-15+,25-17+,26-20+,38-21-/t27?,28?,29-,30?,31?,32-,33?,34-,35-,36?,37?,39-,41+,42?,43?,44?,45?,47+/m1/s1. The zero-order valence-electron chi connectivity index (χ0n) is 38.5. The number of nitrogens with two attached hydrogens (primary N) is 1. The van der Waals surface area contributed by atoms with Gasteiger partial charge in [-0.2, -0.15) is 0 Å². The van der Waals surface area contributed by atoms with Crippen molar-refractivity contribution in [3.8, 4) is 0 Å². The van der Waals surface area contributed by atoms with Crippen molar-refractivity contribution < 1.29 is 63.5 Å². The first kappa shape index (κ1) is 52.4. The van der Waals surface area contributed by atoms with E-state index in [4.69, 9.17) is 34.2 Å². The van der Waals surface area contributed by atoms with Gasteiger partial charge >= 0.3 is 5.97 Å². The maximum Gasteiger partial charge on any atom is 0.373 e. The first-order chi connectivity index (χ1) is 28.6. The van der Waals surface area contributed by atoms with Crippen molar-refractivity contribution in [3.05, 3.63) is 59.4 Å². The molecular weight excluding hydrogens is 787 g/mol. The number of ether oxygens (including phenoxy) is 6. The molecule has 61 heavy (non-hydrogen) atoms. The Morgan fingerprint density at radius 3 is 2.33 bits per heavy atom. The SMILES string of the molecule is C/C=C/C1O[C@](O)(C(C)C(O)C(C)C2OC(=O)/C(OC)=C/C(C)=C/C(C)C(O)C(CC)C(O)C(C)C/C(C)=C/C=C/C2OC)C[C@@H](O[C@H]2C[C@@H](O)[C@H](CC(N)=O)[C@@H](C)O2)[C@@H]1C. The molecule has 3 aliphatic rings. The molecule has 14 heteroatoms. The molecule has 348 valence electrons. The van der Waals surface area contributed by atoms with E-state index in [-0.39, 0.29) is 48.7 Å². The highest BCUT2D eigenvalue weighted by Crippen LogP contribution is 2.43. The first-order valence-electron chi connectivity index (χ1n) is 22.0. The van der Waals surface area contributed by atoms with Gasteiger partial charge in [-0.05, 0) is 52.5 Å². The van der Waals surface area contributed by atoms with Crippen molar-refractivity contribution in [3.63, 3.8) is 0 Å². The van der Waals surface area contributed by atoms with Crippen LogP contribution in [0.5, 0.6) is 0 Å². The van der Waals surface area contributed by atoms with E-state index < -0.39 is 96.6 Å². The van der Waals surface area contributed by atoms with Crippen molar-refractivity contribution in [1.29, 1.82) is 0 Å².